The summed E-state index contributed by atoms with van der Waals surface area (Å²) in [5.41, 5.74) is 3.13. The molecule has 6 heteroatoms. The van der Waals surface area contributed by atoms with Gasteiger partial charge in [0.15, 0.2) is 0 Å². The Hall–Kier alpha value is -3.54. The normalized spacial score (nSPS) is 11.4. The van der Waals surface area contributed by atoms with Gasteiger partial charge in [-0.25, -0.2) is 4.98 Å². The lowest BCUT2D eigenvalue weighted by Crippen LogP contribution is -2.20. The van der Waals surface area contributed by atoms with Crippen LogP contribution in [-0.2, 0) is 0 Å². The number of hydrogen-bond acceptors (Lipinski definition) is 4. The average molecular weight is 329 g/mol. The first-order valence-electron chi connectivity index (χ1n) is 7.85. The molecule has 4 rings (SSSR count). The number of aromatic nitrogens is 4. The van der Waals surface area contributed by atoms with E-state index in [4.69, 9.17) is 0 Å². The minimum atomic E-state index is -0.191. The third-order valence-corrected chi connectivity index (χ3v) is 3.96. The molecule has 25 heavy (non-hydrogen) atoms. The highest BCUT2D eigenvalue weighted by Gasteiger charge is 2.08. The third kappa shape index (κ3) is 2.74. The fourth-order valence-corrected chi connectivity index (χ4v) is 2.72. The van der Waals surface area contributed by atoms with E-state index in [2.05, 4.69) is 20.3 Å². The summed E-state index contributed by atoms with van der Waals surface area (Å²) in [6, 6.07) is 17.1. The van der Waals surface area contributed by atoms with Gasteiger partial charge in [0.2, 0.25) is 0 Å². The molecule has 4 aromatic rings. The van der Waals surface area contributed by atoms with E-state index in [0.29, 0.717) is 16.7 Å². The molecular formula is C19H15N5O. The molecule has 0 radical (unpaired) electrons. The van der Waals surface area contributed by atoms with Crippen LogP contribution in [0.1, 0.15) is 11.4 Å². The largest absolute Gasteiger partial charge is 0.282 e. The zero-order chi connectivity index (χ0) is 17.2. The predicted molar refractivity (Wildman–Crippen MR) is 97.8 cm³/mol. The van der Waals surface area contributed by atoms with Crippen LogP contribution in [0.3, 0.4) is 0 Å². The topological polar surface area (TPSA) is 75.9 Å². The Labute approximate surface area is 143 Å². The smallest absolute Gasteiger partial charge is 0.277 e. The van der Waals surface area contributed by atoms with Gasteiger partial charge in [-0.3, -0.25) is 9.89 Å². The maximum Gasteiger partial charge on any atom is 0.282 e. The first-order chi connectivity index (χ1) is 12.2. The number of H-pyrrole nitrogens is 1. The molecule has 0 aliphatic heterocycles. The summed E-state index contributed by atoms with van der Waals surface area (Å²) in [5.74, 6) is 0.532. The minimum absolute atomic E-state index is 0.191. The van der Waals surface area contributed by atoms with E-state index in [1.54, 1.807) is 25.4 Å². The summed E-state index contributed by atoms with van der Waals surface area (Å²) in [7, 11) is 0. The highest BCUT2D eigenvalue weighted by molar-refractivity contribution is 5.88. The zero-order valence-electron chi connectivity index (χ0n) is 13.5. The van der Waals surface area contributed by atoms with Gasteiger partial charge in [0, 0.05) is 11.1 Å². The molecule has 2 aromatic heterocycles. The van der Waals surface area contributed by atoms with Gasteiger partial charge in [0.05, 0.1) is 29.0 Å². The second-order valence-electron chi connectivity index (χ2n) is 5.60. The minimum Gasteiger partial charge on any atom is -0.277 e. The van der Waals surface area contributed by atoms with Crippen LogP contribution in [-0.4, -0.2) is 26.1 Å². The number of para-hydroxylation sites is 1. The molecule has 1 N–H and O–H groups in total. The van der Waals surface area contributed by atoms with Crippen molar-refractivity contribution in [3.63, 3.8) is 0 Å². The molecule has 0 aliphatic rings. The number of hydrogen-bond donors (Lipinski definition) is 1. The molecule has 2 heterocycles. The maximum absolute atomic E-state index is 12.6. The van der Waals surface area contributed by atoms with E-state index in [9.17, 15) is 4.79 Å². The third-order valence-electron chi connectivity index (χ3n) is 3.96. The number of nitrogens with zero attached hydrogens (tertiary/aromatic N) is 4. The van der Waals surface area contributed by atoms with Crippen molar-refractivity contribution in [1.29, 1.82) is 0 Å². The molecule has 0 fully saturated rings. The van der Waals surface area contributed by atoms with E-state index in [-0.39, 0.29) is 5.56 Å². The zero-order valence-corrected chi connectivity index (χ0v) is 13.5. The summed E-state index contributed by atoms with van der Waals surface area (Å²) in [5, 5.41) is 11.9. The van der Waals surface area contributed by atoms with Crippen molar-refractivity contribution in [2.45, 2.75) is 6.92 Å². The SMILES string of the molecule is Cc1nc2ccccc2c(=O)n1/N=C/c1cn[nH]c1-c1ccccc1. The van der Waals surface area contributed by atoms with E-state index in [1.165, 1.54) is 4.68 Å². The second-order valence-corrected chi connectivity index (χ2v) is 5.60. The molecule has 0 saturated carbocycles. The number of benzene rings is 2. The number of aryl methyl sites for hydroxylation is 1. The van der Waals surface area contributed by atoms with Gasteiger partial charge >= 0.3 is 0 Å². The van der Waals surface area contributed by atoms with Crippen molar-refractivity contribution in [3.8, 4) is 11.3 Å². The van der Waals surface area contributed by atoms with E-state index < -0.39 is 0 Å². The van der Waals surface area contributed by atoms with Crippen molar-refractivity contribution in [3.05, 3.63) is 82.5 Å². The Balaban J connectivity index is 1.78. The molecular weight excluding hydrogens is 314 g/mol. The lowest BCUT2D eigenvalue weighted by atomic mass is 10.1. The van der Waals surface area contributed by atoms with E-state index in [0.717, 1.165) is 16.8 Å². The van der Waals surface area contributed by atoms with Gasteiger partial charge < -0.3 is 0 Å². The highest BCUT2D eigenvalue weighted by atomic mass is 16.1. The molecule has 6 nitrogen and oxygen atoms in total. The lowest BCUT2D eigenvalue weighted by molar-refractivity contribution is 0.771. The fraction of sp³-hybridized carbons (Fsp3) is 0.0526. The van der Waals surface area contributed by atoms with Crippen LogP contribution < -0.4 is 5.56 Å². The molecule has 0 bridgehead atoms. The summed E-state index contributed by atoms with van der Waals surface area (Å²) in [6.45, 7) is 1.76. The van der Waals surface area contributed by atoms with Gasteiger partial charge in [0.25, 0.3) is 5.56 Å². The van der Waals surface area contributed by atoms with Gasteiger partial charge in [0.1, 0.15) is 5.82 Å². The number of rotatable bonds is 3. The molecule has 0 spiro atoms. The molecule has 2 aromatic carbocycles. The Morgan fingerprint density at radius 3 is 2.68 bits per heavy atom. The molecule has 0 unspecified atom stereocenters. The summed E-state index contributed by atoms with van der Waals surface area (Å²) >= 11 is 0. The summed E-state index contributed by atoms with van der Waals surface area (Å²) in [6.07, 6.45) is 3.30. The van der Waals surface area contributed by atoms with Crippen LogP contribution in [0.5, 0.6) is 0 Å². The first kappa shape index (κ1) is 15.0. The van der Waals surface area contributed by atoms with Crippen LogP contribution in [0.2, 0.25) is 0 Å². The monoisotopic (exact) mass is 329 g/mol. The van der Waals surface area contributed by atoms with Crippen molar-refractivity contribution in [2.75, 3.05) is 0 Å². The lowest BCUT2D eigenvalue weighted by Gasteiger charge is -2.05. The second kappa shape index (κ2) is 6.16. The van der Waals surface area contributed by atoms with Crippen molar-refractivity contribution < 1.29 is 0 Å². The number of aromatic amines is 1. The molecule has 0 atom stereocenters. The number of nitrogens with one attached hydrogen (secondary N) is 1. The van der Waals surface area contributed by atoms with Crippen molar-refractivity contribution >= 4 is 17.1 Å². The summed E-state index contributed by atoms with van der Waals surface area (Å²) < 4.78 is 1.31. The van der Waals surface area contributed by atoms with E-state index in [1.807, 2.05) is 48.5 Å². The van der Waals surface area contributed by atoms with Crippen LogP contribution >= 0.6 is 0 Å². The molecule has 0 aliphatic carbocycles. The quantitative estimate of drug-likeness (QED) is 0.587. The highest BCUT2D eigenvalue weighted by Crippen LogP contribution is 2.19. The Kier molecular flexibility index (Phi) is 3.70. The Bertz CT molecular complexity index is 1130. The summed E-state index contributed by atoms with van der Waals surface area (Å²) in [4.78, 5) is 17.1. The van der Waals surface area contributed by atoms with Crippen molar-refractivity contribution in [1.82, 2.24) is 19.9 Å². The Morgan fingerprint density at radius 1 is 1.08 bits per heavy atom. The van der Waals surface area contributed by atoms with Gasteiger partial charge in [-0.2, -0.15) is 14.9 Å². The molecule has 122 valence electrons. The fourth-order valence-electron chi connectivity index (χ4n) is 2.72. The molecule has 0 amide bonds. The maximum atomic E-state index is 12.6. The first-order valence-corrected chi connectivity index (χ1v) is 7.85. The number of fused-ring (bicyclic) bond motifs is 1. The van der Waals surface area contributed by atoms with Crippen LogP contribution in [0.4, 0.5) is 0 Å². The van der Waals surface area contributed by atoms with Gasteiger partial charge in [-0.05, 0) is 19.1 Å². The predicted octanol–water partition coefficient (Wildman–Crippen LogP) is 2.98. The van der Waals surface area contributed by atoms with Crippen molar-refractivity contribution in [2.24, 2.45) is 5.10 Å². The van der Waals surface area contributed by atoms with Crippen LogP contribution in [0.15, 0.2) is 70.7 Å². The molecule has 0 saturated heterocycles. The standard InChI is InChI=1S/C19H15N5O/c1-13-22-17-10-6-5-9-16(17)19(25)24(13)21-12-15-11-20-23-18(15)14-7-3-2-4-8-14/h2-12H,1H3,(H,20,23)/b21-12+. The van der Waals surface area contributed by atoms with Gasteiger partial charge in [-0.15, -0.1) is 0 Å². The van der Waals surface area contributed by atoms with Crippen LogP contribution in [0.25, 0.3) is 22.2 Å². The van der Waals surface area contributed by atoms with E-state index >= 15 is 0 Å². The Morgan fingerprint density at radius 2 is 1.84 bits per heavy atom. The average Bonchev–Trinajstić information content (AvgIpc) is 3.11. The van der Waals surface area contributed by atoms with Crippen LogP contribution in [0, 0.1) is 6.92 Å². The van der Waals surface area contributed by atoms with Gasteiger partial charge in [-0.1, -0.05) is 42.5 Å².